The predicted molar refractivity (Wildman–Crippen MR) is 109 cm³/mol. The summed E-state index contributed by atoms with van der Waals surface area (Å²) < 4.78 is 15.9. The number of ether oxygens (including phenoxy) is 2. The molecule has 0 saturated carbocycles. The van der Waals surface area contributed by atoms with E-state index in [1.54, 1.807) is 37.4 Å². The zero-order valence-electron chi connectivity index (χ0n) is 16.0. The van der Waals surface area contributed by atoms with Gasteiger partial charge in [-0.25, -0.2) is 4.79 Å². The fourth-order valence-corrected chi connectivity index (χ4v) is 2.96. The highest BCUT2D eigenvalue weighted by atomic mass is 16.5. The summed E-state index contributed by atoms with van der Waals surface area (Å²) in [7, 11) is 1.56. The summed E-state index contributed by atoms with van der Waals surface area (Å²) in [6.45, 7) is -0.498. The first-order valence-corrected chi connectivity index (χ1v) is 9.07. The second-order valence-electron chi connectivity index (χ2n) is 6.26. The van der Waals surface area contributed by atoms with Gasteiger partial charge in [0.05, 0.1) is 12.7 Å². The molecule has 4 rings (SSSR count). The number of amides is 1. The number of methoxy groups -OCH3 is 1. The van der Waals surface area contributed by atoms with Gasteiger partial charge in [0.1, 0.15) is 5.75 Å². The van der Waals surface area contributed by atoms with Crippen molar-refractivity contribution < 1.29 is 23.5 Å². The number of nitrogens with one attached hydrogen (secondary N) is 1. The summed E-state index contributed by atoms with van der Waals surface area (Å²) in [5, 5.41) is 11.5. The van der Waals surface area contributed by atoms with Gasteiger partial charge in [0.25, 0.3) is 5.91 Å². The van der Waals surface area contributed by atoms with E-state index in [1.807, 2.05) is 36.4 Å². The zero-order valence-corrected chi connectivity index (χ0v) is 16.0. The molecule has 0 radical (unpaired) electrons. The number of benzene rings is 3. The van der Waals surface area contributed by atoms with Crippen LogP contribution in [0.15, 0.2) is 71.1 Å². The summed E-state index contributed by atoms with van der Waals surface area (Å²) in [4.78, 5) is 24.6. The van der Waals surface area contributed by atoms with Crippen LogP contribution in [0.3, 0.4) is 0 Å². The Hall–Kier alpha value is -4.20. The number of fused-ring (bicyclic) bond motifs is 1. The third-order valence-electron chi connectivity index (χ3n) is 4.35. The van der Waals surface area contributed by atoms with E-state index >= 15 is 0 Å². The highest BCUT2D eigenvalue weighted by Gasteiger charge is 2.17. The molecule has 1 N–H and O–H groups in total. The van der Waals surface area contributed by atoms with Gasteiger partial charge in [-0.15, -0.1) is 5.10 Å². The Morgan fingerprint density at radius 1 is 0.933 bits per heavy atom. The molecule has 0 aliphatic carbocycles. The molecular formula is C22H17N3O5. The van der Waals surface area contributed by atoms with E-state index in [2.05, 4.69) is 15.5 Å². The number of esters is 1. The minimum atomic E-state index is -0.625. The molecule has 30 heavy (non-hydrogen) atoms. The van der Waals surface area contributed by atoms with E-state index in [4.69, 9.17) is 13.9 Å². The lowest BCUT2D eigenvalue weighted by atomic mass is 10.0. The third-order valence-corrected chi connectivity index (χ3v) is 4.35. The number of hydrogen-bond acceptors (Lipinski definition) is 7. The second-order valence-corrected chi connectivity index (χ2v) is 6.26. The third kappa shape index (κ3) is 3.97. The van der Waals surface area contributed by atoms with E-state index in [0.717, 1.165) is 10.9 Å². The van der Waals surface area contributed by atoms with Gasteiger partial charge in [-0.2, -0.15) is 0 Å². The van der Waals surface area contributed by atoms with Crippen molar-refractivity contribution in [2.75, 3.05) is 19.0 Å². The van der Waals surface area contributed by atoms with E-state index in [0.29, 0.717) is 16.7 Å². The number of aromatic nitrogens is 2. The molecule has 1 aromatic heterocycles. The van der Waals surface area contributed by atoms with Gasteiger partial charge < -0.3 is 13.9 Å². The van der Waals surface area contributed by atoms with Crippen molar-refractivity contribution in [3.63, 3.8) is 0 Å². The van der Waals surface area contributed by atoms with Gasteiger partial charge in [-0.1, -0.05) is 47.6 Å². The Kier molecular flexibility index (Phi) is 5.38. The second kappa shape index (κ2) is 8.44. The van der Waals surface area contributed by atoms with Crippen LogP contribution in [0, 0.1) is 0 Å². The van der Waals surface area contributed by atoms with Crippen LogP contribution in [0.4, 0.5) is 6.01 Å². The quantitative estimate of drug-likeness (QED) is 0.490. The highest BCUT2D eigenvalue weighted by Crippen LogP contribution is 2.28. The van der Waals surface area contributed by atoms with Crippen LogP contribution in [-0.2, 0) is 9.53 Å². The Morgan fingerprint density at radius 2 is 1.67 bits per heavy atom. The summed E-state index contributed by atoms with van der Waals surface area (Å²) in [5.74, 6) is -0.304. The molecule has 8 nitrogen and oxygen atoms in total. The molecule has 0 bridgehead atoms. The predicted octanol–water partition coefficient (Wildman–Crippen LogP) is 3.69. The molecule has 3 aromatic carbocycles. The van der Waals surface area contributed by atoms with Crippen LogP contribution in [-0.4, -0.2) is 35.8 Å². The van der Waals surface area contributed by atoms with Crippen molar-refractivity contribution in [1.29, 1.82) is 0 Å². The first kappa shape index (κ1) is 19.1. The molecule has 0 unspecified atom stereocenters. The van der Waals surface area contributed by atoms with E-state index in [-0.39, 0.29) is 11.9 Å². The summed E-state index contributed by atoms with van der Waals surface area (Å²) in [5.41, 5.74) is 1.06. The molecule has 4 aromatic rings. The van der Waals surface area contributed by atoms with Crippen LogP contribution < -0.4 is 10.1 Å². The maximum absolute atomic E-state index is 12.5. The zero-order chi connectivity index (χ0) is 20.9. The van der Waals surface area contributed by atoms with E-state index < -0.39 is 18.5 Å². The Morgan fingerprint density at radius 3 is 2.43 bits per heavy atom. The smallest absolute Gasteiger partial charge is 0.339 e. The summed E-state index contributed by atoms with van der Waals surface area (Å²) in [6, 6.07) is 19.6. The van der Waals surface area contributed by atoms with Crippen LogP contribution >= 0.6 is 0 Å². The minimum absolute atomic E-state index is 0.0789. The lowest BCUT2D eigenvalue weighted by molar-refractivity contribution is -0.119. The molecule has 150 valence electrons. The Bertz CT molecular complexity index is 1200. The van der Waals surface area contributed by atoms with Gasteiger partial charge in [0.2, 0.25) is 5.89 Å². The monoisotopic (exact) mass is 403 g/mol. The number of rotatable bonds is 6. The molecule has 0 saturated heterocycles. The first-order chi connectivity index (χ1) is 14.7. The van der Waals surface area contributed by atoms with Crippen molar-refractivity contribution in [3.05, 3.63) is 72.3 Å². The number of anilines is 1. The topological polar surface area (TPSA) is 104 Å². The molecule has 0 fully saturated rings. The molecule has 1 amide bonds. The minimum Gasteiger partial charge on any atom is -0.496 e. The van der Waals surface area contributed by atoms with Crippen molar-refractivity contribution >= 4 is 28.7 Å². The van der Waals surface area contributed by atoms with Crippen LogP contribution in [0.25, 0.3) is 22.2 Å². The Balaban J connectivity index is 1.41. The first-order valence-electron chi connectivity index (χ1n) is 9.07. The van der Waals surface area contributed by atoms with Crippen molar-refractivity contribution in [1.82, 2.24) is 10.2 Å². The van der Waals surface area contributed by atoms with Crippen molar-refractivity contribution in [2.24, 2.45) is 0 Å². The maximum atomic E-state index is 12.5. The average Bonchev–Trinajstić information content (AvgIpc) is 3.25. The molecular weight excluding hydrogens is 386 g/mol. The van der Waals surface area contributed by atoms with Crippen LogP contribution in [0.2, 0.25) is 0 Å². The van der Waals surface area contributed by atoms with Gasteiger partial charge >= 0.3 is 12.0 Å². The molecule has 1 heterocycles. The van der Waals surface area contributed by atoms with E-state index in [9.17, 15) is 9.59 Å². The summed E-state index contributed by atoms with van der Waals surface area (Å²) >= 11 is 0. The van der Waals surface area contributed by atoms with Crippen molar-refractivity contribution in [3.8, 4) is 17.2 Å². The van der Waals surface area contributed by atoms with E-state index in [1.165, 1.54) is 0 Å². The van der Waals surface area contributed by atoms with Gasteiger partial charge in [0.15, 0.2) is 6.61 Å². The number of hydrogen-bond donors (Lipinski definition) is 1. The number of carbonyl (C=O) groups is 2. The summed E-state index contributed by atoms with van der Waals surface area (Å²) in [6.07, 6.45) is 0. The number of nitrogens with zero attached hydrogens (tertiary/aromatic N) is 2. The van der Waals surface area contributed by atoms with Crippen LogP contribution in [0.1, 0.15) is 10.4 Å². The fraction of sp³-hybridized carbons (Fsp3) is 0.0909. The molecule has 0 atom stereocenters. The molecule has 0 aliphatic heterocycles. The molecule has 8 heteroatoms. The Labute approximate surface area is 171 Å². The van der Waals surface area contributed by atoms with Gasteiger partial charge in [-0.3, -0.25) is 10.1 Å². The van der Waals surface area contributed by atoms with Gasteiger partial charge in [0, 0.05) is 10.9 Å². The standard InChI is InChI=1S/C22H17N3O5/c1-28-18-12-11-17(15-9-5-6-10-16(15)18)21(27)29-13-19(26)23-22-25-24-20(30-22)14-7-3-2-4-8-14/h2-12H,13H2,1H3,(H,23,25,26). The van der Waals surface area contributed by atoms with Crippen LogP contribution in [0.5, 0.6) is 5.75 Å². The molecule has 0 aliphatic rings. The molecule has 0 spiro atoms. The fourth-order valence-electron chi connectivity index (χ4n) is 2.96. The average molecular weight is 403 g/mol. The van der Waals surface area contributed by atoms with Crippen molar-refractivity contribution in [2.45, 2.75) is 0 Å². The normalized spacial score (nSPS) is 10.6. The lowest BCUT2D eigenvalue weighted by Crippen LogP contribution is -2.21. The number of carbonyl (C=O) groups excluding carboxylic acids is 2. The SMILES string of the molecule is COc1ccc(C(=O)OCC(=O)Nc2nnc(-c3ccccc3)o2)c2ccccc12. The van der Waals surface area contributed by atoms with Gasteiger partial charge in [-0.05, 0) is 29.7 Å². The lowest BCUT2D eigenvalue weighted by Gasteiger charge is -2.10. The highest BCUT2D eigenvalue weighted by molar-refractivity contribution is 6.07. The maximum Gasteiger partial charge on any atom is 0.339 e. The largest absolute Gasteiger partial charge is 0.496 e.